The molecule has 0 fully saturated rings. The molecule has 0 N–H and O–H groups in total. The lowest BCUT2D eigenvalue weighted by molar-refractivity contribution is 1.41. The van der Waals surface area contributed by atoms with E-state index in [1.54, 1.807) is 0 Å². The topological polar surface area (TPSA) is 25.8 Å². The Morgan fingerprint density at radius 2 is 0.885 bits per heavy atom. The van der Waals surface area contributed by atoms with Gasteiger partial charge in [0, 0.05) is 38.1 Å². The van der Waals surface area contributed by atoms with Crippen molar-refractivity contribution in [1.82, 2.24) is 9.97 Å². The van der Waals surface area contributed by atoms with E-state index in [0.717, 1.165) is 55.1 Å². The van der Waals surface area contributed by atoms with Crippen molar-refractivity contribution in [2.45, 2.75) is 0 Å². The Hall–Kier alpha value is -6.90. The van der Waals surface area contributed by atoms with Crippen molar-refractivity contribution >= 4 is 43.4 Å². The molecule has 0 aliphatic carbocycles. The van der Waals surface area contributed by atoms with Crippen molar-refractivity contribution < 1.29 is 0 Å². The van der Waals surface area contributed by atoms with Crippen LogP contribution >= 0.6 is 0 Å². The van der Waals surface area contributed by atoms with Gasteiger partial charge in [0.25, 0.3) is 0 Å². The fourth-order valence-electron chi connectivity index (χ4n) is 7.66. The fourth-order valence-corrected chi connectivity index (χ4v) is 7.66. The van der Waals surface area contributed by atoms with Crippen molar-refractivity contribution in [3.63, 3.8) is 0 Å². The molecule has 0 unspecified atom stereocenters. The third-order valence-corrected chi connectivity index (χ3v) is 10.2. The van der Waals surface area contributed by atoms with Crippen molar-refractivity contribution in [3.05, 3.63) is 194 Å². The van der Waals surface area contributed by atoms with E-state index < -0.39 is 0 Å². The summed E-state index contributed by atoms with van der Waals surface area (Å²) < 4.78 is 0. The van der Waals surface area contributed by atoms with Crippen LogP contribution < -0.4 is 0 Å². The SMILES string of the molecule is c1ccc(-c2cccc(-c3nc4ccccc4c4c(-c5cccc(-c6ccc7ccc8ccc(-c9ccccc9)nc8c7c6)c5)cccc34)c2)cc1. The Bertz CT molecular complexity index is 2950. The zero-order chi connectivity index (χ0) is 34.4. The standard InChI is InChI=1S/C50H32N2/c1-3-12-33(13-4-1)37-16-10-19-41(31-37)50-44-22-11-21-42(48(44)43-20-7-8-23-47(43)52-50)40-18-9-17-38(30-40)39-27-25-34-24-26-36-28-29-46(35-14-5-2-6-15-35)51-49(36)45(34)32-39/h1-32H. The minimum absolute atomic E-state index is 0.983. The third-order valence-electron chi connectivity index (χ3n) is 10.2. The van der Waals surface area contributed by atoms with Crippen LogP contribution in [0.15, 0.2) is 194 Å². The van der Waals surface area contributed by atoms with Crippen molar-refractivity contribution in [1.29, 1.82) is 0 Å². The van der Waals surface area contributed by atoms with E-state index in [-0.39, 0.29) is 0 Å². The van der Waals surface area contributed by atoms with Gasteiger partial charge in [-0.15, -0.1) is 0 Å². The average molecular weight is 661 g/mol. The van der Waals surface area contributed by atoms with Crippen LogP contribution in [0.2, 0.25) is 0 Å². The molecule has 8 aromatic carbocycles. The average Bonchev–Trinajstić information content (AvgIpc) is 3.23. The molecule has 0 saturated carbocycles. The van der Waals surface area contributed by atoms with Gasteiger partial charge in [-0.05, 0) is 69.1 Å². The zero-order valence-electron chi connectivity index (χ0n) is 28.4. The number of benzene rings is 8. The Labute approximate surface area is 302 Å². The number of nitrogens with zero attached hydrogens (tertiary/aromatic N) is 2. The lowest BCUT2D eigenvalue weighted by Gasteiger charge is -2.15. The number of para-hydroxylation sites is 1. The summed E-state index contributed by atoms with van der Waals surface area (Å²) in [6.07, 6.45) is 0. The van der Waals surface area contributed by atoms with Gasteiger partial charge in [0.2, 0.25) is 0 Å². The molecule has 0 aliphatic rings. The highest BCUT2D eigenvalue weighted by molar-refractivity contribution is 6.17. The van der Waals surface area contributed by atoms with Gasteiger partial charge < -0.3 is 0 Å². The summed E-state index contributed by atoms with van der Waals surface area (Å²) in [6.45, 7) is 0. The maximum atomic E-state index is 5.28. The molecular formula is C50H32N2. The second-order valence-corrected chi connectivity index (χ2v) is 13.4. The second-order valence-electron chi connectivity index (χ2n) is 13.4. The summed E-state index contributed by atoms with van der Waals surface area (Å²) in [5, 5.41) is 6.99. The maximum Gasteiger partial charge on any atom is 0.0788 e. The van der Waals surface area contributed by atoms with Crippen LogP contribution in [0, 0.1) is 0 Å². The predicted octanol–water partition coefficient (Wildman–Crippen LogP) is 13.4. The van der Waals surface area contributed by atoms with Gasteiger partial charge in [-0.3, -0.25) is 0 Å². The molecule has 10 aromatic rings. The Morgan fingerprint density at radius 3 is 1.73 bits per heavy atom. The van der Waals surface area contributed by atoms with Gasteiger partial charge >= 0.3 is 0 Å². The van der Waals surface area contributed by atoms with Crippen LogP contribution in [-0.2, 0) is 0 Å². The van der Waals surface area contributed by atoms with Crippen LogP contribution in [0.25, 0.3) is 99.2 Å². The first-order chi connectivity index (χ1) is 25.8. The van der Waals surface area contributed by atoms with Gasteiger partial charge in [-0.1, -0.05) is 164 Å². The van der Waals surface area contributed by atoms with Crippen LogP contribution in [0.3, 0.4) is 0 Å². The van der Waals surface area contributed by atoms with Crippen LogP contribution in [0.4, 0.5) is 0 Å². The summed E-state index contributed by atoms with van der Waals surface area (Å²) in [4.78, 5) is 10.5. The van der Waals surface area contributed by atoms with E-state index in [2.05, 4.69) is 188 Å². The molecule has 2 heterocycles. The van der Waals surface area contributed by atoms with E-state index in [0.29, 0.717) is 0 Å². The number of aromatic nitrogens is 2. The lowest BCUT2D eigenvalue weighted by atomic mass is 9.91. The lowest BCUT2D eigenvalue weighted by Crippen LogP contribution is -1.92. The Kier molecular flexibility index (Phi) is 7.18. The van der Waals surface area contributed by atoms with E-state index in [1.807, 2.05) is 6.07 Å². The summed E-state index contributed by atoms with van der Waals surface area (Å²) >= 11 is 0. The minimum atomic E-state index is 0.983. The number of fused-ring (bicyclic) bond motifs is 6. The molecule has 0 radical (unpaired) electrons. The molecule has 0 atom stereocenters. The van der Waals surface area contributed by atoms with Crippen LogP contribution in [0.1, 0.15) is 0 Å². The van der Waals surface area contributed by atoms with Gasteiger partial charge in [-0.2, -0.15) is 0 Å². The quantitative estimate of drug-likeness (QED) is 0.172. The van der Waals surface area contributed by atoms with E-state index in [4.69, 9.17) is 9.97 Å². The maximum absolute atomic E-state index is 5.28. The van der Waals surface area contributed by atoms with Gasteiger partial charge in [0.1, 0.15) is 0 Å². The molecule has 0 amide bonds. The summed E-state index contributed by atoms with van der Waals surface area (Å²) in [6, 6.07) is 69.3. The fraction of sp³-hybridized carbons (Fsp3) is 0. The molecular weight excluding hydrogens is 629 g/mol. The molecule has 0 bridgehead atoms. The first kappa shape index (κ1) is 30.0. The number of hydrogen-bond donors (Lipinski definition) is 0. The third kappa shape index (κ3) is 5.21. The van der Waals surface area contributed by atoms with E-state index in [1.165, 1.54) is 44.2 Å². The molecule has 52 heavy (non-hydrogen) atoms. The Morgan fingerprint density at radius 1 is 0.308 bits per heavy atom. The van der Waals surface area contributed by atoms with E-state index in [9.17, 15) is 0 Å². The zero-order valence-corrected chi connectivity index (χ0v) is 28.4. The molecule has 242 valence electrons. The summed E-state index contributed by atoms with van der Waals surface area (Å²) in [5.41, 5.74) is 13.3. The molecule has 10 rings (SSSR count). The minimum Gasteiger partial charge on any atom is -0.247 e. The smallest absolute Gasteiger partial charge is 0.0788 e. The molecule has 2 heteroatoms. The number of pyridine rings is 2. The van der Waals surface area contributed by atoms with Gasteiger partial charge in [0.15, 0.2) is 0 Å². The van der Waals surface area contributed by atoms with Crippen molar-refractivity contribution in [2.75, 3.05) is 0 Å². The Balaban J connectivity index is 1.13. The summed E-state index contributed by atoms with van der Waals surface area (Å²) in [5.74, 6) is 0. The second kappa shape index (κ2) is 12.5. The van der Waals surface area contributed by atoms with Crippen LogP contribution in [-0.4, -0.2) is 9.97 Å². The van der Waals surface area contributed by atoms with Crippen molar-refractivity contribution in [3.8, 4) is 55.9 Å². The first-order valence-corrected chi connectivity index (χ1v) is 17.7. The normalized spacial score (nSPS) is 11.5. The highest BCUT2D eigenvalue weighted by atomic mass is 14.7. The molecule has 0 saturated heterocycles. The van der Waals surface area contributed by atoms with Crippen LogP contribution in [0.5, 0.6) is 0 Å². The number of hydrogen-bond acceptors (Lipinski definition) is 2. The van der Waals surface area contributed by atoms with Gasteiger partial charge in [0.05, 0.1) is 22.4 Å². The molecule has 2 nitrogen and oxygen atoms in total. The van der Waals surface area contributed by atoms with Gasteiger partial charge in [-0.25, -0.2) is 9.97 Å². The summed E-state index contributed by atoms with van der Waals surface area (Å²) in [7, 11) is 0. The largest absolute Gasteiger partial charge is 0.247 e. The number of rotatable bonds is 5. The monoisotopic (exact) mass is 660 g/mol. The highest BCUT2D eigenvalue weighted by Gasteiger charge is 2.16. The van der Waals surface area contributed by atoms with Crippen molar-refractivity contribution in [2.24, 2.45) is 0 Å². The first-order valence-electron chi connectivity index (χ1n) is 17.7. The molecule has 0 spiro atoms. The van der Waals surface area contributed by atoms with E-state index >= 15 is 0 Å². The molecule has 0 aliphatic heterocycles. The molecule has 2 aromatic heterocycles. The highest BCUT2D eigenvalue weighted by Crippen LogP contribution is 2.40. The predicted molar refractivity (Wildman–Crippen MR) is 219 cm³/mol.